The van der Waals surface area contributed by atoms with Crippen molar-refractivity contribution >= 4 is 16.9 Å². The molecule has 0 spiro atoms. The molecule has 0 fully saturated rings. The summed E-state index contributed by atoms with van der Waals surface area (Å²) in [5.74, 6) is 0.364. The van der Waals surface area contributed by atoms with Gasteiger partial charge in [-0.25, -0.2) is 9.97 Å². The van der Waals surface area contributed by atoms with Gasteiger partial charge in [-0.1, -0.05) is 0 Å². The van der Waals surface area contributed by atoms with E-state index in [1.54, 1.807) is 38.2 Å². The van der Waals surface area contributed by atoms with Crippen molar-refractivity contribution in [1.29, 1.82) is 0 Å². The monoisotopic (exact) mass is 467 g/mol. The van der Waals surface area contributed by atoms with Crippen LogP contribution in [0.2, 0.25) is 0 Å². The van der Waals surface area contributed by atoms with Crippen LogP contribution < -0.4 is 15.6 Å². The van der Waals surface area contributed by atoms with E-state index in [1.807, 2.05) is 0 Å². The van der Waals surface area contributed by atoms with Crippen LogP contribution in [-0.2, 0) is 11.3 Å². The molecule has 3 heterocycles. The van der Waals surface area contributed by atoms with Gasteiger partial charge in [-0.05, 0) is 26.0 Å². The Balaban J connectivity index is 2.00. The molecule has 0 aliphatic rings. The van der Waals surface area contributed by atoms with Crippen molar-refractivity contribution in [1.82, 2.24) is 19.5 Å². The van der Waals surface area contributed by atoms with E-state index < -0.39 is 23.9 Å². The van der Waals surface area contributed by atoms with Gasteiger partial charge in [0.15, 0.2) is 5.82 Å². The Morgan fingerprint density at radius 2 is 1.94 bits per heavy atom. The van der Waals surface area contributed by atoms with Gasteiger partial charge in [-0.15, -0.1) is 0 Å². The lowest BCUT2D eigenvalue weighted by molar-refractivity contribution is -0.174. The Labute approximate surface area is 187 Å². The number of pyridine rings is 2. The molecule has 0 radical (unpaired) electrons. The van der Waals surface area contributed by atoms with Gasteiger partial charge in [0.05, 0.1) is 36.7 Å². The van der Waals surface area contributed by atoms with E-state index in [2.05, 4.69) is 20.3 Å². The molecule has 3 rings (SSSR count). The number of hydrogen-bond acceptors (Lipinski definition) is 8. The van der Waals surface area contributed by atoms with Gasteiger partial charge in [0.2, 0.25) is 5.88 Å². The number of hydrogen-bond donors (Lipinski definition) is 2. The lowest BCUT2D eigenvalue weighted by Crippen LogP contribution is -2.34. The van der Waals surface area contributed by atoms with Gasteiger partial charge >= 0.3 is 6.18 Å². The molecule has 2 N–H and O–H groups in total. The first-order chi connectivity index (χ1) is 15.5. The number of nitrogens with one attached hydrogen (secondary N) is 1. The predicted molar refractivity (Wildman–Crippen MR) is 115 cm³/mol. The Kier molecular flexibility index (Phi) is 7.18. The van der Waals surface area contributed by atoms with Gasteiger partial charge in [0.25, 0.3) is 5.56 Å². The van der Waals surface area contributed by atoms with Gasteiger partial charge in [-0.2, -0.15) is 13.2 Å². The normalized spacial score (nSPS) is 12.2. The molecule has 12 heteroatoms. The number of methoxy groups -OCH3 is 1. The van der Waals surface area contributed by atoms with Crippen molar-refractivity contribution < 1.29 is 27.8 Å². The van der Waals surface area contributed by atoms with Gasteiger partial charge < -0.3 is 24.5 Å². The lowest BCUT2D eigenvalue weighted by Gasteiger charge is -2.19. The molecule has 178 valence electrons. The molecule has 0 atom stereocenters. The first-order valence-corrected chi connectivity index (χ1v) is 9.98. The number of rotatable bonds is 9. The zero-order valence-electron chi connectivity index (χ0n) is 18.3. The zero-order chi connectivity index (χ0) is 24.2. The summed E-state index contributed by atoms with van der Waals surface area (Å²) >= 11 is 0. The molecule has 0 aliphatic carbocycles. The minimum atomic E-state index is -4.47. The Bertz CT molecular complexity index is 1160. The highest BCUT2D eigenvalue weighted by Gasteiger charge is 2.27. The molecule has 0 unspecified atom stereocenters. The Morgan fingerprint density at radius 3 is 2.55 bits per heavy atom. The Morgan fingerprint density at radius 1 is 1.18 bits per heavy atom. The van der Waals surface area contributed by atoms with E-state index in [1.165, 1.54) is 17.9 Å². The number of alkyl halides is 3. The number of aliphatic hydroxyl groups is 1. The maximum atomic E-state index is 13.1. The third-order valence-electron chi connectivity index (χ3n) is 4.49. The van der Waals surface area contributed by atoms with E-state index in [0.717, 1.165) is 0 Å². The maximum Gasteiger partial charge on any atom is 0.411 e. The van der Waals surface area contributed by atoms with E-state index >= 15 is 0 Å². The summed E-state index contributed by atoms with van der Waals surface area (Å²) in [6.45, 7) is 1.25. The molecule has 0 saturated heterocycles. The van der Waals surface area contributed by atoms with E-state index in [-0.39, 0.29) is 25.5 Å². The van der Waals surface area contributed by atoms with Crippen molar-refractivity contribution in [2.45, 2.75) is 32.2 Å². The summed E-state index contributed by atoms with van der Waals surface area (Å²) in [7, 11) is 1.49. The molecular weight excluding hydrogens is 443 g/mol. The summed E-state index contributed by atoms with van der Waals surface area (Å²) in [6.07, 6.45) is -1.46. The van der Waals surface area contributed by atoms with E-state index in [4.69, 9.17) is 9.47 Å². The molecule has 0 bridgehead atoms. The van der Waals surface area contributed by atoms with Crippen molar-refractivity contribution in [2.24, 2.45) is 0 Å². The van der Waals surface area contributed by atoms with E-state index in [0.29, 0.717) is 28.2 Å². The fourth-order valence-electron chi connectivity index (χ4n) is 2.94. The van der Waals surface area contributed by atoms with Crippen molar-refractivity contribution in [2.75, 3.05) is 32.2 Å². The highest BCUT2D eigenvalue weighted by molar-refractivity contribution is 5.80. The van der Waals surface area contributed by atoms with Crippen molar-refractivity contribution in [3.05, 3.63) is 40.9 Å². The predicted octanol–water partition coefficient (Wildman–Crippen LogP) is 2.62. The number of ether oxygens (including phenoxy) is 2. The average molecular weight is 467 g/mol. The highest BCUT2D eigenvalue weighted by Crippen LogP contribution is 2.22. The third kappa shape index (κ3) is 6.62. The number of fused-ring (bicyclic) bond motifs is 1. The van der Waals surface area contributed by atoms with E-state index in [9.17, 15) is 23.1 Å². The van der Waals surface area contributed by atoms with Crippen LogP contribution in [0, 0.1) is 0 Å². The minimum absolute atomic E-state index is 0.0361. The highest BCUT2D eigenvalue weighted by atomic mass is 19.4. The van der Waals surface area contributed by atoms with Crippen LogP contribution >= 0.6 is 0 Å². The molecule has 3 aromatic rings. The number of aromatic nitrogens is 4. The van der Waals surface area contributed by atoms with Crippen molar-refractivity contribution in [3.63, 3.8) is 0 Å². The second-order valence-corrected chi connectivity index (χ2v) is 7.90. The largest absolute Gasteiger partial charge is 0.481 e. The number of anilines is 1. The third-order valence-corrected chi connectivity index (χ3v) is 4.49. The van der Waals surface area contributed by atoms with Gasteiger partial charge in [0.1, 0.15) is 12.1 Å². The van der Waals surface area contributed by atoms with Crippen LogP contribution in [0.25, 0.3) is 22.3 Å². The SMILES string of the molecule is COc1ccc(-c2cc3c(cn2)nc(NCC(C)(C)O)c(=O)n3CCOCC(F)(F)F)cn1. The molecule has 0 saturated carbocycles. The summed E-state index contributed by atoms with van der Waals surface area (Å²) in [5, 5.41) is 12.7. The summed E-state index contributed by atoms with van der Waals surface area (Å²) < 4.78 is 48.3. The topological polar surface area (TPSA) is 111 Å². The molecular formula is C21H24F3N5O4. The number of nitrogens with zero attached hydrogens (tertiary/aromatic N) is 4. The molecule has 33 heavy (non-hydrogen) atoms. The fraction of sp³-hybridized carbons (Fsp3) is 0.429. The van der Waals surface area contributed by atoms with Crippen molar-refractivity contribution in [3.8, 4) is 17.1 Å². The summed E-state index contributed by atoms with van der Waals surface area (Å²) in [6, 6.07) is 5.00. The second-order valence-electron chi connectivity index (χ2n) is 7.90. The minimum Gasteiger partial charge on any atom is -0.481 e. The summed E-state index contributed by atoms with van der Waals surface area (Å²) in [5.41, 5.74) is 0.162. The van der Waals surface area contributed by atoms with Crippen LogP contribution in [0.4, 0.5) is 19.0 Å². The molecule has 0 aliphatic heterocycles. The number of halogens is 3. The molecule has 9 nitrogen and oxygen atoms in total. The van der Waals surface area contributed by atoms with Gasteiger partial charge in [-0.3, -0.25) is 9.78 Å². The standard InChI is InChI=1S/C21H24F3N5O4/c1-20(2,31)11-27-18-19(30)29(6-7-33-12-21(22,23)24)16-8-14(25-10-15(16)28-18)13-4-5-17(32-3)26-9-13/h4-5,8-10,31H,6-7,11-12H2,1-3H3,(H,27,28). The molecule has 0 amide bonds. The summed E-state index contributed by atoms with van der Waals surface area (Å²) in [4.78, 5) is 25.8. The first-order valence-electron chi connectivity index (χ1n) is 9.98. The van der Waals surface area contributed by atoms with Gasteiger partial charge in [0, 0.05) is 30.9 Å². The maximum absolute atomic E-state index is 13.1. The molecule has 3 aromatic heterocycles. The van der Waals surface area contributed by atoms with Crippen LogP contribution in [0.5, 0.6) is 5.88 Å². The smallest absolute Gasteiger partial charge is 0.411 e. The molecule has 0 aromatic carbocycles. The Hall–Kier alpha value is -3.25. The van der Waals surface area contributed by atoms with Crippen LogP contribution in [-0.4, -0.2) is 63.3 Å². The average Bonchev–Trinajstić information content (AvgIpc) is 2.75. The fourth-order valence-corrected chi connectivity index (χ4v) is 2.94. The van der Waals surface area contributed by atoms with Crippen LogP contribution in [0.3, 0.4) is 0 Å². The first kappa shape index (κ1) is 24.4. The quantitative estimate of drug-likeness (QED) is 0.462. The van der Waals surface area contributed by atoms with Crippen LogP contribution in [0.15, 0.2) is 35.4 Å². The lowest BCUT2D eigenvalue weighted by atomic mass is 10.1. The van der Waals surface area contributed by atoms with Crippen LogP contribution in [0.1, 0.15) is 13.8 Å². The zero-order valence-corrected chi connectivity index (χ0v) is 18.3. The second kappa shape index (κ2) is 9.71.